The van der Waals surface area contributed by atoms with Gasteiger partial charge in [0.1, 0.15) is 6.04 Å². The molecule has 5 fully saturated rings. The molecule has 0 aromatic rings. The van der Waals surface area contributed by atoms with E-state index in [2.05, 4.69) is 6.07 Å². The number of amides is 1. The number of carbonyl (C=O) groups is 1. The Hall–Kier alpha value is -1.04. The summed E-state index contributed by atoms with van der Waals surface area (Å²) in [6, 6.07) is 2.19. The average molecular weight is 258 g/mol. The van der Waals surface area contributed by atoms with E-state index in [0.717, 1.165) is 31.2 Å². The Bertz CT molecular complexity index is 411. The molecule has 1 atom stereocenters. The summed E-state index contributed by atoms with van der Waals surface area (Å²) in [5, 5.41) is 9.19. The lowest BCUT2D eigenvalue weighted by molar-refractivity contribution is -0.149. The van der Waals surface area contributed by atoms with Crippen molar-refractivity contribution in [3.8, 4) is 6.07 Å². The smallest absolute Gasteiger partial charge is 0.227 e. The second kappa shape index (κ2) is 4.23. The van der Waals surface area contributed by atoms with Gasteiger partial charge in [-0.2, -0.15) is 5.26 Å². The first-order chi connectivity index (χ1) is 9.26. The second-order valence-corrected chi connectivity index (χ2v) is 7.28. The van der Waals surface area contributed by atoms with Crippen molar-refractivity contribution < 1.29 is 4.79 Å². The minimum atomic E-state index is -0.135. The Morgan fingerprint density at radius 3 is 2.26 bits per heavy atom. The standard InChI is InChI=1S/C16H22N2O/c17-9-14-2-1-3-18(14)16(19)15-12-5-10-4-11(7-12)8-13(15)6-10/h10-15H,1-8H2. The van der Waals surface area contributed by atoms with Crippen LogP contribution in [-0.4, -0.2) is 23.4 Å². The van der Waals surface area contributed by atoms with E-state index in [-0.39, 0.29) is 12.0 Å². The predicted octanol–water partition coefficient (Wildman–Crippen LogP) is 2.57. The molecule has 1 unspecified atom stereocenters. The molecule has 0 N–H and O–H groups in total. The summed E-state index contributed by atoms with van der Waals surface area (Å²) >= 11 is 0. The maximum absolute atomic E-state index is 12.9. The van der Waals surface area contributed by atoms with E-state index in [1.807, 2.05) is 4.90 Å². The highest BCUT2D eigenvalue weighted by molar-refractivity contribution is 5.80. The van der Waals surface area contributed by atoms with Crippen LogP contribution in [0.15, 0.2) is 0 Å². The third-order valence-corrected chi connectivity index (χ3v) is 6.20. The summed E-state index contributed by atoms with van der Waals surface area (Å²) < 4.78 is 0. The lowest BCUT2D eigenvalue weighted by Gasteiger charge is -2.54. The number of hydrogen-bond acceptors (Lipinski definition) is 2. The molecule has 3 nitrogen and oxygen atoms in total. The quantitative estimate of drug-likeness (QED) is 0.725. The highest BCUT2D eigenvalue weighted by Gasteiger charge is 2.52. The summed E-state index contributed by atoms with van der Waals surface area (Å²) in [4.78, 5) is 14.8. The van der Waals surface area contributed by atoms with Crippen molar-refractivity contribution in [3.05, 3.63) is 0 Å². The van der Waals surface area contributed by atoms with Gasteiger partial charge in [0.15, 0.2) is 0 Å². The van der Waals surface area contributed by atoms with Gasteiger partial charge in [0.25, 0.3) is 0 Å². The van der Waals surface area contributed by atoms with Gasteiger partial charge in [0.05, 0.1) is 6.07 Å². The number of nitriles is 1. The van der Waals surface area contributed by atoms with Crippen LogP contribution in [0, 0.1) is 40.9 Å². The van der Waals surface area contributed by atoms with E-state index in [0.29, 0.717) is 17.7 Å². The van der Waals surface area contributed by atoms with Crippen LogP contribution in [0.4, 0.5) is 0 Å². The van der Waals surface area contributed by atoms with Gasteiger partial charge < -0.3 is 4.90 Å². The van der Waals surface area contributed by atoms with Gasteiger partial charge in [0.2, 0.25) is 5.91 Å². The monoisotopic (exact) mass is 258 g/mol. The molecule has 0 aromatic carbocycles. The third kappa shape index (κ3) is 1.72. The minimum absolute atomic E-state index is 0.135. The van der Waals surface area contributed by atoms with Crippen LogP contribution in [0.3, 0.4) is 0 Å². The van der Waals surface area contributed by atoms with Crippen LogP contribution in [0.25, 0.3) is 0 Å². The van der Waals surface area contributed by atoms with Crippen LogP contribution in [0.1, 0.15) is 44.9 Å². The fourth-order valence-electron chi connectivity index (χ4n) is 5.68. The van der Waals surface area contributed by atoms with Crippen LogP contribution in [0.2, 0.25) is 0 Å². The molecule has 1 amide bonds. The maximum atomic E-state index is 12.9. The summed E-state index contributed by atoms with van der Waals surface area (Å²) in [5.74, 6) is 3.71. The van der Waals surface area contributed by atoms with Gasteiger partial charge in [-0.3, -0.25) is 4.79 Å². The van der Waals surface area contributed by atoms with E-state index in [9.17, 15) is 10.1 Å². The first kappa shape index (κ1) is 11.8. The number of likely N-dealkylation sites (tertiary alicyclic amines) is 1. The summed E-state index contributed by atoms with van der Waals surface area (Å²) in [5.41, 5.74) is 0. The molecule has 1 heterocycles. The van der Waals surface area contributed by atoms with Gasteiger partial charge in [-0.05, 0) is 68.6 Å². The van der Waals surface area contributed by atoms with Crippen molar-refractivity contribution in [1.82, 2.24) is 4.90 Å². The van der Waals surface area contributed by atoms with Crippen LogP contribution in [-0.2, 0) is 4.79 Å². The number of rotatable bonds is 1. The van der Waals surface area contributed by atoms with Crippen LogP contribution in [0.5, 0.6) is 0 Å². The molecule has 0 spiro atoms. The lowest BCUT2D eigenvalue weighted by Crippen LogP contribution is -2.52. The molecule has 1 aliphatic heterocycles. The molecule has 4 bridgehead atoms. The highest BCUT2D eigenvalue weighted by atomic mass is 16.2. The number of carbonyl (C=O) groups excluding carboxylic acids is 1. The SMILES string of the molecule is N#CC1CCCN1C(=O)C1C2CC3CC(C2)CC1C3. The van der Waals surface area contributed by atoms with Crippen molar-refractivity contribution in [2.75, 3.05) is 6.54 Å². The largest absolute Gasteiger partial charge is 0.326 e. The van der Waals surface area contributed by atoms with E-state index in [1.165, 1.54) is 32.1 Å². The fourth-order valence-corrected chi connectivity index (χ4v) is 5.68. The van der Waals surface area contributed by atoms with Crippen LogP contribution >= 0.6 is 0 Å². The maximum Gasteiger partial charge on any atom is 0.227 e. The summed E-state index contributed by atoms with van der Waals surface area (Å²) in [7, 11) is 0. The zero-order chi connectivity index (χ0) is 13.0. The van der Waals surface area contributed by atoms with Crippen molar-refractivity contribution in [3.63, 3.8) is 0 Å². The molecule has 5 rings (SSSR count). The average Bonchev–Trinajstić information content (AvgIpc) is 2.85. The first-order valence-corrected chi connectivity index (χ1v) is 7.96. The summed E-state index contributed by atoms with van der Waals surface area (Å²) in [6.07, 6.45) is 8.47. The van der Waals surface area contributed by atoms with Gasteiger partial charge in [-0.15, -0.1) is 0 Å². The molecule has 0 aromatic heterocycles. The zero-order valence-electron chi connectivity index (χ0n) is 11.4. The lowest BCUT2D eigenvalue weighted by atomic mass is 9.51. The number of nitrogens with zero attached hydrogens (tertiary/aromatic N) is 2. The predicted molar refractivity (Wildman–Crippen MR) is 70.9 cm³/mol. The fraction of sp³-hybridized carbons (Fsp3) is 0.875. The normalized spacial score (nSPS) is 47.4. The minimum Gasteiger partial charge on any atom is -0.326 e. The second-order valence-electron chi connectivity index (χ2n) is 7.28. The first-order valence-electron chi connectivity index (χ1n) is 7.96. The van der Waals surface area contributed by atoms with E-state index in [4.69, 9.17) is 0 Å². The van der Waals surface area contributed by atoms with E-state index in [1.54, 1.807) is 0 Å². The molecule has 3 heteroatoms. The van der Waals surface area contributed by atoms with Crippen molar-refractivity contribution >= 4 is 5.91 Å². The van der Waals surface area contributed by atoms with E-state index >= 15 is 0 Å². The molecule has 4 aliphatic carbocycles. The van der Waals surface area contributed by atoms with E-state index < -0.39 is 0 Å². The highest BCUT2D eigenvalue weighted by Crippen LogP contribution is 2.57. The molecular weight excluding hydrogens is 236 g/mol. The Morgan fingerprint density at radius 1 is 1.05 bits per heavy atom. The number of hydrogen-bond donors (Lipinski definition) is 0. The van der Waals surface area contributed by atoms with Crippen LogP contribution < -0.4 is 0 Å². The molecule has 1 saturated heterocycles. The molecule has 0 radical (unpaired) electrons. The Morgan fingerprint density at radius 2 is 1.68 bits per heavy atom. The molecule has 4 saturated carbocycles. The topological polar surface area (TPSA) is 44.1 Å². The third-order valence-electron chi connectivity index (χ3n) is 6.20. The molecule has 19 heavy (non-hydrogen) atoms. The molecular formula is C16H22N2O. The molecule has 102 valence electrons. The van der Waals surface area contributed by atoms with Gasteiger partial charge >= 0.3 is 0 Å². The van der Waals surface area contributed by atoms with Gasteiger partial charge in [-0.1, -0.05) is 0 Å². The zero-order valence-corrected chi connectivity index (χ0v) is 11.4. The van der Waals surface area contributed by atoms with Gasteiger partial charge in [-0.25, -0.2) is 0 Å². The Kier molecular flexibility index (Phi) is 2.62. The Balaban J connectivity index is 1.56. The van der Waals surface area contributed by atoms with Crippen molar-refractivity contribution in [1.29, 1.82) is 5.26 Å². The summed E-state index contributed by atoms with van der Waals surface area (Å²) in [6.45, 7) is 0.819. The van der Waals surface area contributed by atoms with Gasteiger partial charge in [0, 0.05) is 12.5 Å². The Labute approximate surface area is 115 Å². The molecule has 5 aliphatic rings. The van der Waals surface area contributed by atoms with Crippen molar-refractivity contribution in [2.24, 2.45) is 29.6 Å². The van der Waals surface area contributed by atoms with Crippen molar-refractivity contribution in [2.45, 2.75) is 51.0 Å².